The fourth-order valence-electron chi connectivity index (χ4n) is 5.37. The van der Waals surface area contributed by atoms with E-state index < -0.39 is 71.7 Å². The minimum absolute atomic E-state index is 0.0367. The number of carboxylic acids is 1. The van der Waals surface area contributed by atoms with Gasteiger partial charge in [0.25, 0.3) is 0 Å². The normalized spacial score (nSPS) is 14.4. The molecular formula is C32H32F9N5O4. The van der Waals surface area contributed by atoms with Crippen LogP contribution in [0.5, 0.6) is 0 Å². The van der Waals surface area contributed by atoms with Crippen LogP contribution in [0.3, 0.4) is 0 Å². The van der Waals surface area contributed by atoms with Gasteiger partial charge in [0.2, 0.25) is 5.95 Å². The highest BCUT2D eigenvalue weighted by Crippen LogP contribution is 2.38. The number of piperidine rings is 1. The van der Waals surface area contributed by atoms with Crippen molar-refractivity contribution in [2.45, 2.75) is 57.8 Å². The predicted octanol–water partition coefficient (Wildman–Crippen LogP) is 7.41. The smallest absolute Gasteiger partial charge is 0.416 e. The quantitative estimate of drug-likeness (QED) is 0.146. The third-order valence-corrected chi connectivity index (χ3v) is 7.88. The van der Waals surface area contributed by atoms with Gasteiger partial charge in [-0.3, -0.25) is 9.59 Å². The maximum Gasteiger partial charge on any atom is 0.416 e. The Balaban J connectivity index is 1.74. The second-order valence-electron chi connectivity index (χ2n) is 11.5. The van der Waals surface area contributed by atoms with E-state index in [9.17, 15) is 54.2 Å². The molecule has 0 radical (unpaired) electrons. The zero-order valence-corrected chi connectivity index (χ0v) is 26.4. The Morgan fingerprint density at radius 3 is 1.98 bits per heavy atom. The van der Waals surface area contributed by atoms with Crippen LogP contribution in [-0.2, 0) is 45.9 Å². The minimum atomic E-state index is -5.15. The van der Waals surface area contributed by atoms with E-state index in [-0.39, 0.29) is 42.8 Å². The number of hydrogen-bond donors (Lipinski definition) is 2. The monoisotopic (exact) mass is 721 g/mol. The van der Waals surface area contributed by atoms with Crippen LogP contribution in [0.25, 0.3) is 0 Å². The van der Waals surface area contributed by atoms with Crippen molar-refractivity contribution in [1.29, 1.82) is 0 Å². The molecule has 0 unspecified atom stereocenters. The van der Waals surface area contributed by atoms with Gasteiger partial charge in [-0.25, -0.2) is 9.97 Å². The van der Waals surface area contributed by atoms with E-state index in [4.69, 9.17) is 4.74 Å². The number of anilines is 3. The fraction of sp³-hybridized carbons (Fsp3) is 0.438. The van der Waals surface area contributed by atoms with E-state index in [1.54, 1.807) is 11.8 Å². The van der Waals surface area contributed by atoms with E-state index in [0.717, 1.165) is 23.1 Å². The number of halogens is 9. The third kappa shape index (κ3) is 10.1. The Labute approximate surface area is 280 Å². The number of nitrogens with zero attached hydrogens (tertiary/aromatic N) is 4. The second-order valence-corrected chi connectivity index (χ2v) is 11.5. The van der Waals surface area contributed by atoms with Gasteiger partial charge in [-0.05, 0) is 67.3 Å². The SMILES string of the molecule is CCOC(=O)CCNc1ccc(C(F)(F)F)cc1CN(Cc1cc(C(F)(F)F)cc(C(F)(F)F)c1)c1ncc(N2CCC(C(=O)O)CC2)cn1. The van der Waals surface area contributed by atoms with Crippen molar-refractivity contribution in [2.75, 3.05) is 41.4 Å². The summed E-state index contributed by atoms with van der Waals surface area (Å²) in [4.78, 5) is 34.6. The molecule has 0 bridgehead atoms. The number of aromatic nitrogens is 2. The molecule has 0 atom stereocenters. The van der Waals surface area contributed by atoms with Gasteiger partial charge in [0, 0.05) is 38.4 Å². The van der Waals surface area contributed by atoms with E-state index >= 15 is 0 Å². The molecule has 0 amide bonds. The minimum Gasteiger partial charge on any atom is -0.481 e. The van der Waals surface area contributed by atoms with E-state index in [1.807, 2.05) is 0 Å². The van der Waals surface area contributed by atoms with Gasteiger partial charge < -0.3 is 25.0 Å². The highest BCUT2D eigenvalue weighted by molar-refractivity contribution is 5.71. The Morgan fingerprint density at radius 2 is 1.46 bits per heavy atom. The number of alkyl halides is 9. The van der Waals surface area contributed by atoms with E-state index in [1.165, 1.54) is 12.4 Å². The van der Waals surface area contributed by atoms with Crippen LogP contribution in [-0.4, -0.2) is 53.3 Å². The average molecular weight is 722 g/mol. The van der Waals surface area contributed by atoms with Gasteiger partial charge in [0.05, 0.1) is 53.7 Å². The molecule has 0 aliphatic carbocycles. The summed E-state index contributed by atoms with van der Waals surface area (Å²) in [6, 6.07) is 3.63. The molecule has 18 heteroatoms. The summed E-state index contributed by atoms with van der Waals surface area (Å²) >= 11 is 0. The van der Waals surface area contributed by atoms with Gasteiger partial charge in [-0.1, -0.05) is 0 Å². The number of nitrogens with one attached hydrogen (secondary N) is 1. The molecule has 272 valence electrons. The van der Waals surface area contributed by atoms with Crippen LogP contribution in [0.4, 0.5) is 56.8 Å². The van der Waals surface area contributed by atoms with Gasteiger partial charge in [0.15, 0.2) is 0 Å². The first-order valence-corrected chi connectivity index (χ1v) is 15.3. The summed E-state index contributed by atoms with van der Waals surface area (Å²) in [7, 11) is 0. The topological polar surface area (TPSA) is 108 Å². The van der Waals surface area contributed by atoms with Crippen LogP contribution in [0.15, 0.2) is 48.8 Å². The molecule has 1 fully saturated rings. The molecule has 1 saturated heterocycles. The van der Waals surface area contributed by atoms with Crippen molar-refractivity contribution in [3.8, 4) is 0 Å². The van der Waals surface area contributed by atoms with Crippen molar-refractivity contribution in [3.63, 3.8) is 0 Å². The molecule has 1 aromatic heterocycles. The lowest BCUT2D eigenvalue weighted by Gasteiger charge is -2.32. The first-order valence-electron chi connectivity index (χ1n) is 15.3. The van der Waals surface area contributed by atoms with Gasteiger partial charge in [-0.2, -0.15) is 39.5 Å². The van der Waals surface area contributed by atoms with Crippen LogP contribution >= 0.6 is 0 Å². The zero-order valence-electron chi connectivity index (χ0n) is 26.4. The molecule has 1 aliphatic rings. The standard InChI is InChI=1S/C32H32F9N5O4/c1-2-50-27(47)5-8-42-26-4-3-22(30(33,34)35)13-21(26)18-46(17-19-11-23(31(36,37)38)14-24(12-19)32(39,40)41)29-43-15-25(16-44-29)45-9-6-20(7-10-45)28(48)49/h3-4,11-16,20,42H,2,5-10,17-18H2,1H3,(H,48,49). The third-order valence-electron chi connectivity index (χ3n) is 7.88. The largest absolute Gasteiger partial charge is 0.481 e. The van der Waals surface area contributed by atoms with Crippen LogP contribution in [0, 0.1) is 5.92 Å². The summed E-state index contributed by atoms with van der Waals surface area (Å²) in [5.74, 6) is -2.28. The predicted molar refractivity (Wildman–Crippen MR) is 162 cm³/mol. The van der Waals surface area contributed by atoms with Crippen molar-refractivity contribution in [3.05, 3.63) is 76.6 Å². The molecule has 0 saturated carbocycles. The number of aliphatic carboxylic acids is 1. The van der Waals surface area contributed by atoms with Gasteiger partial charge in [0.1, 0.15) is 0 Å². The fourth-order valence-corrected chi connectivity index (χ4v) is 5.37. The lowest BCUT2D eigenvalue weighted by molar-refractivity contribution is -0.144. The number of carbonyl (C=O) groups excluding carboxylic acids is 1. The molecule has 0 spiro atoms. The maximum atomic E-state index is 13.8. The number of carboxylic acid groups (broad SMARTS) is 1. The first-order chi connectivity index (χ1) is 23.3. The molecule has 4 rings (SSSR count). The molecule has 3 aromatic rings. The summed E-state index contributed by atoms with van der Waals surface area (Å²) < 4.78 is 128. The number of carbonyl (C=O) groups is 2. The Kier molecular flexibility index (Phi) is 11.7. The molecule has 1 aliphatic heterocycles. The summed E-state index contributed by atoms with van der Waals surface area (Å²) in [5.41, 5.74) is -4.23. The summed E-state index contributed by atoms with van der Waals surface area (Å²) in [5, 5.41) is 12.1. The van der Waals surface area contributed by atoms with Crippen molar-refractivity contribution >= 4 is 29.3 Å². The average Bonchev–Trinajstić information content (AvgIpc) is 3.04. The number of rotatable bonds is 12. The molecule has 2 aromatic carbocycles. The Hall–Kier alpha value is -4.77. The van der Waals surface area contributed by atoms with Crippen LogP contribution in [0.1, 0.15) is 54.0 Å². The molecule has 50 heavy (non-hydrogen) atoms. The number of benzene rings is 2. The van der Waals surface area contributed by atoms with Crippen molar-refractivity contribution in [2.24, 2.45) is 5.92 Å². The van der Waals surface area contributed by atoms with Crippen LogP contribution in [0.2, 0.25) is 0 Å². The second kappa shape index (κ2) is 15.4. The maximum absolute atomic E-state index is 13.8. The first kappa shape index (κ1) is 38.0. The van der Waals surface area contributed by atoms with E-state index in [2.05, 4.69) is 15.3 Å². The Morgan fingerprint density at radius 1 is 0.880 bits per heavy atom. The van der Waals surface area contributed by atoms with Crippen molar-refractivity contribution < 1.29 is 58.9 Å². The summed E-state index contributed by atoms with van der Waals surface area (Å²) in [6.45, 7) is 1.11. The zero-order chi connectivity index (χ0) is 36.9. The molecule has 2 heterocycles. The number of hydrogen-bond acceptors (Lipinski definition) is 8. The molecule has 2 N–H and O–H groups in total. The lowest BCUT2D eigenvalue weighted by atomic mass is 9.97. The lowest BCUT2D eigenvalue weighted by Crippen LogP contribution is -2.36. The van der Waals surface area contributed by atoms with Gasteiger partial charge in [-0.15, -0.1) is 0 Å². The number of esters is 1. The van der Waals surface area contributed by atoms with Crippen molar-refractivity contribution in [1.82, 2.24) is 9.97 Å². The molecule has 9 nitrogen and oxygen atoms in total. The highest BCUT2D eigenvalue weighted by atomic mass is 19.4. The molecular weight excluding hydrogens is 689 g/mol. The van der Waals surface area contributed by atoms with Crippen LogP contribution < -0.4 is 15.1 Å². The summed E-state index contributed by atoms with van der Waals surface area (Å²) in [6.07, 6.45) is -11.9. The number of ether oxygens (including phenoxy) is 1. The van der Waals surface area contributed by atoms with Gasteiger partial charge >= 0.3 is 30.5 Å². The highest BCUT2D eigenvalue weighted by Gasteiger charge is 2.37. The Bertz CT molecular complexity index is 1610. The van der Waals surface area contributed by atoms with E-state index in [0.29, 0.717) is 43.8 Å².